The third-order valence-electron chi connectivity index (χ3n) is 5.66. The number of likely N-dealkylation sites (tertiary alicyclic amines) is 1. The number of rotatable bonds is 3. The van der Waals surface area contributed by atoms with Crippen molar-refractivity contribution < 1.29 is 9.59 Å². The molecule has 0 spiro atoms. The lowest BCUT2D eigenvalue weighted by Gasteiger charge is -2.27. The number of fused-ring (bicyclic) bond motifs is 1. The molecule has 1 saturated heterocycles. The Kier molecular flexibility index (Phi) is 5.66. The van der Waals surface area contributed by atoms with Crippen LogP contribution in [0.4, 0.5) is 11.5 Å². The van der Waals surface area contributed by atoms with Gasteiger partial charge in [0.2, 0.25) is 11.8 Å². The molecule has 3 N–H and O–H groups in total. The van der Waals surface area contributed by atoms with Gasteiger partial charge < -0.3 is 16.0 Å². The average molecular weight is 415 g/mol. The molecular formula is C24H25N5O2. The summed E-state index contributed by atoms with van der Waals surface area (Å²) in [4.78, 5) is 34.3. The Labute approximate surface area is 181 Å². The van der Waals surface area contributed by atoms with E-state index in [1.807, 2.05) is 37.4 Å². The van der Waals surface area contributed by atoms with Gasteiger partial charge in [0.15, 0.2) is 0 Å². The van der Waals surface area contributed by atoms with Gasteiger partial charge in [0.25, 0.3) is 0 Å². The van der Waals surface area contributed by atoms with E-state index in [0.29, 0.717) is 37.4 Å². The summed E-state index contributed by atoms with van der Waals surface area (Å²) in [6.07, 6.45) is 8.31. The molecule has 7 nitrogen and oxygen atoms in total. The van der Waals surface area contributed by atoms with Crippen LogP contribution in [0.15, 0.2) is 54.5 Å². The standard InChI is InChI=1S/C24H25N5O2/c1-15-3-6-26-13-20(15)18-10-19-12-23(27-14-21(19)22(25)11-18)28-24(31)9-17-4-7-29(8-5-17)16(2)30/h3,6,9-14H,4-5,7-8,25H2,1-2H3,(H,27,28,31). The van der Waals surface area contributed by atoms with E-state index in [2.05, 4.69) is 15.3 Å². The third-order valence-corrected chi connectivity index (χ3v) is 5.66. The molecule has 3 aromatic rings. The van der Waals surface area contributed by atoms with E-state index in [9.17, 15) is 9.59 Å². The number of hydrogen-bond donors (Lipinski definition) is 2. The van der Waals surface area contributed by atoms with Crippen molar-refractivity contribution in [3.8, 4) is 11.1 Å². The van der Waals surface area contributed by atoms with Gasteiger partial charge in [-0.2, -0.15) is 0 Å². The quantitative estimate of drug-likeness (QED) is 0.502. The second-order valence-corrected chi connectivity index (χ2v) is 7.84. The van der Waals surface area contributed by atoms with E-state index < -0.39 is 0 Å². The highest BCUT2D eigenvalue weighted by atomic mass is 16.2. The summed E-state index contributed by atoms with van der Waals surface area (Å²) in [7, 11) is 0. The smallest absolute Gasteiger partial charge is 0.249 e. The van der Waals surface area contributed by atoms with Crippen LogP contribution in [0.3, 0.4) is 0 Å². The van der Waals surface area contributed by atoms with Crippen LogP contribution in [0.25, 0.3) is 21.9 Å². The Hall–Kier alpha value is -3.74. The minimum absolute atomic E-state index is 0.0731. The summed E-state index contributed by atoms with van der Waals surface area (Å²) in [5, 5.41) is 4.57. The summed E-state index contributed by atoms with van der Waals surface area (Å²) in [6.45, 7) is 4.90. The zero-order valence-electron chi connectivity index (χ0n) is 17.7. The van der Waals surface area contributed by atoms with Crippen LogP contribution in [0.5, 0.6) is 0 Å². The largest absolute Gasteiger partial charge is 0.398 e. The normalized spacial score (nSPS) is 13.9. The summed E-state index contributed by atoms with van der Waals surface area (Å²) in [5.41, 5.74) is 11.0. The predicted molar refractivity (Wildman–Crippen MR) is 122 cm³/mol. The lowest BCUT2D eigenvalue weighted by Crippen LogP contribution is -2.34. The highest BCUT2D eigenvalue weighted by Crippen LogP contribution is 2.31. The molecule has 1 aliphatic rings. The minimum atomic E-state index is -0.217. The summed E-state index contributed by atoms with van der Waals surface area (Å²) in [6, 6.07) is 7.74. The number of hydrogen-bond acceptors (Lipinski definition) is 5. The Morgan fingerprint density at radius 2 is 1.94 bits per heavy atom. The number of anilines is 2. The molecule has 2 amide bonds. The highest BCUT2D eigenvalue weighted by molar-refractivity contribution is 6.02. The van der Waals surface area contributed by atoms with Crippen LogP contribution < -0.4 is 11.1 Å². The van der Waals surface area contributed by atoms with Gasteiger partial charge in [-0.3, -0.25) is 14.6 Å². The fourth-order valence-electron chi connectivity index (χ4n) is 3.88. The van der Waals surface area contributed by atoms with Gasteiger partial charge in [-0.05, 0) is 60.5 Å². The summed E-state index contributed by atoms with van der Waals surface area (Å²) in [5.74, 6) is 0.323. The number of amides is 2. The van der Waals surface area contributed by atoms with E-state index in [1.165, 1.54) is 0 Å². The fraction of sp³-hybridized carbons (Fsp3) is 0.250. The molecule has 4 rings (SSSR count). The minimum Gasteiger partial charge on any atom is -0.398 e. The number of benzene rings is 1. The van der Waals surface area contributed by atoms with Crippen molar-refractivity contribution in [3.05, 3.63) is 60.1 Å². The second-order valence-electron chi connectivity index (χ2n) is 7.84. The van der Waals surface area contributed by atoms with Crippen molar-refractivity contribution >= 4 is 34.1 Å². The third kappa shape index (κ3) is 4.55. The molecule has 2 aromatic heterocycles. The molecule has 0 saturated carbocycles. The van der Waals surface area contributed by atoms with Crippen molar-refractivity contribution in [1.29, 1.82) is 0 Å². The number of aryl methyl sites for hydroxylation is 1. The van der Waals surface area contributed by atoms with Gasteiger partial charge >= 0.3 is 0 Å². The van der Waals surface area contributed by atoms with Crippen LogP contribution in [-0.4, -0.2) is 39.8 Å². The first kappa shape index (κ1) is 20.5. The zero-order valence-corrected chi connectivity index (χ0v) is 17.7. The number of nitrogen functional groups attached to an aromatic ring is 1. The first-order chi connectivity index (χ1) is 14.9. The van der Waals surface area contributed by atoms with E-state index in [-0.39, 0.29) is 11.8 Å². The van der Waals surface area contributed by atoms with Crippen LogP contribution in [0, 0.1) is 6.92 Å². The molecule has 7 heteroatoms. The molecule has 31 heavy (non-hydrogen) atoms. The Morgan fingerprint density at radius 3 is 2.65 bits per heavy atom. The van der Waals surface area contributed by atoms with Crippen molar-refractivity contribution in [2.45, 2.75) is 26.7 Å². The molecule has 0 aliphatic carbocycles. The number of carbonyl (C=O) groups is 2. The maximum Gasteiger partial charge on any atom is 0.249 e. The van der Waals surface area contributed by atoms with E-state index in [4.69, 9.17) is 5.73 Å². The average Bonchev–Trinajstić information content (AvgIpc) is 2.74. The van der Waals surface area contributed by atoms with Crippen molar-refractivity contribution in [2.24, 2.45) is 0 Å². The number of nitrogens with zero attached hydrogens (tertiary/aromatic N) is 3. The van der Waals surface area contributed by atoms with Crippen LogP contribution in [0.2, 0.25) is 0 Å². The van der Waals surface area contributed by atoms with Crippen LogP contribution >= 0.6 is 0 Å². The van der Waals surface area contributed by atoms with Crippen LogP contribution in [-0.2, 0) is 9.59 Å². The van der Waals surface area contributed by atoms with Crippen molar-refractivity contribution in [2.75, 3.05) is 24.1 Å². The number of carbonyl (C=O) groups excluding carboxylic acids is 2. The van der Waals surface area contributed by atoms with Crippen molar-refractivity contribution in [1.82, 2.24) is 14.9 Å². The molecule has 1 fully saturated rings. The number of pyridine rings is 2. The monoisotopic (exact) mass is 415 g/mol. The van der Waals surface area contributed by atoms with Gasteiger partial charge in [0, 0.05) is 61.3 Å². The number of piperidine rings is 1. The summed E-state index contributed by atoms with van der Waals surface area (Å²) < 4.78 is 0. The Morgan fingerprint density at radius 1 is 1.16 bits per heavy atom. The van der Waals surface area contributed by atoms with E-state index in [1.54, 1.807) is 30.3 Å². The maximum atomic E-state index is 12.5. The molecule has 1 aliphatic heterocycles. The van der Waals surface area contributed by atoms with Crippen molar-refractivity contribution in [3.63, 3.8) is 0 Å². The second kappa shape index (κ2) is 8.55. The zero-order chi connectivity index (χ0) is 22.0. The van der Waals surface area contributed by atoms with E-state index >= 15 is 0 Å². The molecule has 0 unspecified atom stereocenters. The maximum absolute atomic E-state index is 12.5. The Bertz CT molecular complexity index is 1190. The van der Waals surface area contributed by atoms with Gasteiger partial charge in [0.05, 0.1) is 0 Å². The first-order valence-corrected chi connectivity index (χ1v) is 10.3. The molecule has 3 heterocycles. The SMILES string of the molecule is CC(=O)N1CCC(=CC(=O)Nc2cc3cc(-c4cnccc4C)cc(N)c3cn2)CC1. The van der Waals surface area contributed by atoms with Crippen LogP contribution in [0.1, 0.15) is 25.3 Å². The van der Waals surface area contributed by atoms with Gasteiger partial charge in [0.1, 0.15) is 5.82 Å². The number of aromatic nitrogens is 2. The molecule has 0 bridgehead atoms. The lowest BCUT2D eigenvalue weighted by atomic mass is 9.99. The predicted octanol–water partition coefficient (Wildman–Crippen LogP) is 3.69. The van der Waals surface area contributed by atoms with Gasteiger partial charge in [-0.25, -0.2) is 4.98 Å². The van der Waals surface area contributed by atoms with Gasteiger partial charge in [-0.15, -0.1) is 0 Å². The fourth-order valence-corrected chi connectivity index (χ4v) is 3.88. The number of nitrogens with two attached hydrogens (primary N) is 1. The molecule has 0 radical (unpaired) electrons. The Balaban J connectivity index is 1.55. The molecule has 1 aromatic carbocycles. The highest BCUT2D eigenvalue weighted by Gasteiger charge is 2.16. The molecule has 158 valence electrons. The molecule has 0 atom stereocenters. The summed E-state index contributed by atoms with van der Waals surface area (Å²) >= 11 is 0. The lowest BCUT2D eigenvalue weighted by molar-refractivity contribution is -0.129. The topological polar surface area (TPSA) is 101 Å². The molecular weight excluding hydrogens is 390 g/mol. The number of nitrogens with one attached hydrogen (secondary N) is 1. The van der Waals surface area contributed by atoms with Gasteiger partial charge in [-0.1, -0.05) is 5.57 Å². The van der Waals surface area contributed by atoms with E-state index in [0.717, 1.165) is 33.0 Å². The first-order valence-electron chi connectivity index (χ1n) is 10.3.